The van der Waals surface area contributed by atoms with Gasteiger partial charge < -0.3 is 15.7 Å². The lowest BCUT2D eigenvalue weighted by atomic mass is 10.2. The highest BCUT2D eigenvalue weighted by Gasteiger charge is 2.06. The van der Waals surface area contributed by atoms with Crippen molar-refractivity contribution in [3.05, 3.63) is 34.4 Å². The second kappa shape index (κ2) is 9.32. The number of non-ortho nitro benzene ring substituents is 1. The number of nitro groups is 1. The molecular weight excluding hydrogens is 290 g/mol. The highest BCUT2D eigenvalue weighted by Crippen LogP contribution is 2.16. The number of hydrogen-bond acceptors (Lipinski definition) is 5. The third-order valence-electron chi connectivity index (χ3n) is 2.90. The van der Waals surface area contributed by atoms with E-state index in [1.54, 1.807) is 12.1 Å². The molecule has 8 nitrogen and oxygen atoms in total. The Bertz CT molecular complexity index is 533. The van der Waals surface area contributed by atoms with E-state index in [4.69, 9.17) is 5.11 Å². The number of anilines is 1. The zero-order valence-corrected chi connectivity index (χ0v) is 12.1. The summed E-state index contributed by atoms with van der Waals surface area (Å²) < 4.78 is 0. The van der Waals surface area contributed by atoms with Crippen molar-refractivity contribution >= 4 is 23.3 Å². The first-order chi connectivity index (χ1) is 10.5. The molecular formula is C14H19N3O5. The van der Waals surface area contributed by atoms with Gasteiger partial charge in [0.1, 0.15) is 0 Å². The number of amides is 1. The molecule has 1 aromatic rings. The third-order valence-corrected chi connectivity index (χ3v) is 2.90. The van der Waals surface area contributed by atoms with Gasteiger partial charge in [0.05, 0.1) is 11.5 Å². The van der Waals surface area contributed by atoms with Crippen molar-refractivity contribution < 1.29 is 19.6 Å². The van der Waals surface area contributed by atoms with Crippen molar-refractivity contribution in [1.29, 1.82) is 0 Å². The molecule has 3 N–H and O–H groups in total. The van der Waals surface area contributed by atoms with Gasteiger partial charge in [0.2, 0.25) is 5.91 Å². The van der Waals surface area contributed by atoms with Crippen LogP contribution in [0.1, 0.15) is 25.7 Å². The van der Waals surface area contributed by atoms with Gasteiger partial charge in [-0.25, -0.2) is 0 Å². The molecule has 1 amide bonds. The van der Waals surface area contributed by atoms with Gasteiger partial charge in [0.15, 0.2) is 0 Å². The van der Waals surface area contributed by atoms with Crippen LogP contribution in [0.15, 0.2) is 24.3 Å². The smallest absolute Gasteiger partial charge is 0.303 e. The number of unbranched alkanes of at least 4 members (excludes halogenated alkanes) is 2. The number of nitrogens with zero attached hydrogens (tertiary/aromatic N) is 1. The molecule has 8 heteroatoms. The molecule has 0 saturated heterocycles. The maximum atomic E-state index is 11.6. The maximum absolute atomic E-state index is 11.6. The molecule has 0 aliphatic heterocycles. The van der Waals surface area contributed by atoms with Crippen LogP contribution >= 0.6 is 0 Å². The molecule has 0 radical (unpaired) electrons. The Labute approximate surface area is 127 Å². The average molecular weight is 309 g/mol. The fourth-order valence-electron chi connectivity index (χ4n) is 1.78. The lowest BCUT2D eigenvalue weighted by Crippen LogP contribution is -2.30. The van der Waals surface area contributed by atoms with Gasteiger partial charge in [-0.2, -0.15) is 0 Å². The van der Waals surface area contributed by atoms with Crippen molar-refractivity contribution in [3.8, 4) is 0 Å². The Morgan fingerprint density at radius 2 is 2.00 bits per heavy atom. The van der Waals surface area contributed by atoms with Gasteiger partial charge in [0, 0.05) is 30.8 Å². The van der Waals surface area contributed by atoms with E-state index in [1.165, 1.54) is 12.1 Å². The first kappa shape index (κ1) is 17.4. The zero-order chi connectivity index (χ0) is 16.4. The van der Waals surface area contributed by atoms with Crippen LogP contribution in [0.5, 0.6) is 0 Å². The van der Waals surface area contributed by atoms with Crippen LogP contribution in [-0.4, -0.2) is 35.0 Å². The Morgan fingerprint density at radius 3 is 2.68 bits per heavy atom. The van der Waals surface area contributed by atoms with Crippen LogP contribution in [0, 0.1) is 10.1 Å². The number of rotatable bonds is 10. The molecule has 0 aromatic heterocycles. The standard InChI is InChI=1S/C14H19N3O5/c18-13(15-8-3-1-2-7-14(19)20)10-16-11-5-4-6-12(9-11)17(21)22/h4-6,9,16H,1-3,7-8,10H2,(H,15,18)(H,19,20). The minimum absolute atomic E-state index is 0.0241. The third kappa shape index (κ3) is 7.22. The Balaban J connectivity index is 2.19. The number of carbonyl (C=O) groups excluding carboxylic acids is 1. The van der Waals surface area contributed by atoms with Crippen LogP contribution in [0.25, 0.3) is 0 Å². The van der Waals surface area contributed by atoms with E-state index in [2.05, 4.69) is 10.6 Å². The van der Waals surface area contributed by atoms with Crippen LogP contribution in [-0.2, 0) is 9.59 Å². The first-order valence-corrected chi connectivity index (χ1v) is 6.96. The Hall–Kier alpha value is -2.64. The summed E-state index contributed by atoms with van der Waals surface area (Å²) in [5.74, 6) is -1.03. The second-order valence-corrected chi connectivity index (χ2v) is 4.72. The van der Waals surface area contributed by atoms with E-state index in [-0.39, 0.29) is 24.6 Å². The molecule has 0 aliphatic carbocycles. The molecule has 0 heterocycles. The van der Waals surface area contributed by atoms with E-state index >= 15 is 0 Å². The summed E-state index contributed by atoms with van der Waals surface area (Å²) in [6.07, 6.45) is 2.19. The Kier molecular flexibility index (Phi) is 7.38. The predicted octanol–water partition coefficient (Wildman–Crippen LogP) is 1.77. The molecule has 120 valence electrons. The molecule has 1 aromatic carbocycles. The first-order valence-electron chi connectivity index (χ1n) is 6.96. The summed E-state index contributed by atoms with van der Waals surface area (Å²) in [6.45, 7) is 0.505. The summed E-state index contributed by atoms with van der Waals surface area (Å²) in [4.78, 5) is 32.0. The van der Waals surface area contributed by atoms with Crippen LogP contribution < -0.4 is 10.6 Å². The molecule has 22 heavy (non-hydrogen) atoms. The summed E-state index contributed by atoms with van der Waals surface area (Å²) in [5, 5.41) is 24.6. The number of nitro benzene ring substituents is 1. The van der Waals surface area contributed by atoms with Crippen LogP contribution in [0.3, 0.4) is 0 Å². The number of aliphatic carboxylic acids is 1. The average Bonchev–Trinajstić information content (AvgIpc) is 2.48. The van der Waals surface area contributed by atoms with Crippen molar-refractivity contribution in [2.75, 3.05) is 18.4 Å². The number of carbonyl (C=O) groups is 2. The fraction of sp³-hybridized carbons (Fsp3) is 0.429. The molecule has 1 rings (SSSR count). The van der Waals surface area contributed by atoms with E-state index in [1.807, 2.05) is 0 Å². The summed E-state index contributed by atoms with van der Waals surface area (Å²) >= 11 is 0. The monoisotopic (exact) mass is 309 g/mol. The van der Waals surface area contributed by atoms with Gasteiger partial charge in [-0.3, -0.25) is 19.7 Å². The molecule has 0 saturated carbocycles. The second-order valence-electron chi connectivity index (χ2n) is 4.72. The number of carboxylic acids is 1. The fourth-order valence-corrected chi connectivity index (χ4v) is 1.78. The molecule has 0 unspecified atom stereocenters. The van der Waals surface area contributed by atoms with Crippen LogP contribution in [0.2, 0.25) is 0 Å². The number of hydrogen-bond donors (Lipinski definition) is 3. The summed E-state index contributed by atoms with van der Waals surface area (Å²) in [6, 6.07) is 5.93. The molecule has 0 aliphatic rings. The minimum atomic E-state index is -0.815. The van der Waals surface area contributed by atoms with E-state index in [0.29, 0.717) is 18.7 Å². The molecule has 0 fully saturated rings. The lowest BCUT2D eigenvalue weighted by Gasteiger charge is -2.07. The van der Waals surface area contributed by atoms with Gasteiger partial charge in [0.25, 0.3) is 5.69 Å². The molecule has 0 spiro atoms. The van der Waals surface area contributed by atoms with Gasteiger partial charge in [-0.1, -0.05) is 12.5 Å². The van der Waals surface area contributed by atoms with Crippen molar-refractivity contribution in [2.45, 2.75) is 25.7 Å². The Morgan fingerprint density at radius 1 is 1.23 bits per heavy atom. The van der Waals surface area contributed by atoms with Crippen molar-refractivity contribution in [1.82, 2.24) is 5.32 Å². The number of nitrogens with one attached hydrogen (secondary N) is 2. The predicted molar refractivity (Wildman–Crippen MR) is 80.7 cm³/mol. The molecule has 0 atom stereocenters. The zero-order valence-electron chi connectivity index (χ0n) is 12.1. The largest absolute Gasteiger partial charge is 0.481 e. The van der Waals surface area contributed by atoms with Gasteiger partial charge in [-0.05, 0) is 18.9 Å². The quantitative estimate of drug-likeness (QED) is 0.344. The topological polar surface area (TPSA) is 122 Å². The SMILES string of the molecule is O=C(O)CCCCCNC(=O)CNc1cccc([N+](=O)[O-])c1. The van der Waals surface area contributed by atoms with E-state index < -0.39 is 10.9 Å². The summed E-state index contributed by atoms with van der Waals surface area (Å²) in [7, 11) is 0. The van der Waals surface area contributed by atoms with Crippen molar-refractivity contribution in [3.63, 3.8) is 0 Å². The molecule has 0 bridgehead atoms. The minimum Gasteiger partial charge on any atom is -0.481 e. The normalized spacial score (nSPS) is 10.0. The highest BCUT2D eigenvalue weighted by atomic mass is 16.6. The van der Waals surface area contributed by atoms with Gasteiger partial charge >= 0.3 is 5.97 Å². The maximum Gasteiger partial charge on any atom is 0.303 e. The lowest BCUT2D eigenvalue weighted by molar-refractivity contribution is -0.384. The number of benzene rings is 1. The highest BCUT2D eigenvalue weighted by molar-refractivity contribution is 5.80. The van der Waals surface area contributed by atoms with Crippen molar-refractivity contribution in [2.24, 2.45) is 0 Å². The van der Waals surface area contributed by atoms with E-state index in [0.717, 1.165) is 12.8 Å². The van der Waals surface area contributed by atoms with E-state index in [9.17, 15) is 19.7 Å². The number of carboxylic acid groups (broad SMARTS) is 1. The van der Waals surface area contributed by atoms with Crippen LogP contribution in [0.4, 0.5) is 11.4 Å². The summed E-state index contributed by atoms with van der Waals surface area (Å²) in [5.41, 5.74) is 0.467. The van der Waals surface area contributed by atoms with Gasteiger partial charge in [-0.15, -0.1) is 0 Å².